The highest BCUT2D eigenvalue weighted by atomic mass is 79.9. The summed E-state index contributed by atoms with van der Waals surface area (Å²) in [4.78, 5) is 85.7. The van der Waals surface area contributed by atoms with Crippen LogP contribution in [-0.4, -0.2) is 123 Å². The third-order valence-electron chi connectivity index (χ3n) is 23.2. The SMILES string of the molecule is CC(C)(C)c1ccc(C(Cc2ccc(C(=O)CCCS(=O)(=O)O)cc2)c2nc3ccc(Br)cc3[nH]2)cc1.CC(C)(C)c1ccc(CC(=O)O)cc1.CC(C)Cc1ccc(B(O)O)cc1.COC(=O)c1ccc(CBr)cc1.COC(=O)c1ccc(CC(C(=O)O)c2ccc(C(C)(C)C)cc2)cc1.COC(=O)c1ccc(CC(c2ccc(C(C)(C)C)cc2)c2nc3ccc(Br)cc3[nH]2)cc1.Nc1ccc(Br)cc1N. The Labute approximate surface area is 868 Å². The van der Waals surface area contributed by atoms with Gasteiger partial charge >= 0.3 is 37.0 Å². The molecule has 0 bridgehead atoms. The number of aromatic amines is 2. The smallest absolute Gasteiger partial charge is 0.481 e. The Kier molecular flexibility index (Phi) is 43.3. The number of hydrogen-bond donors (Lipinski definition) is 9. The molecule has 12 aromatic carbocycles. The molecular weight excluding hydrogens is 2070 g/mol. The normalized spacial score (nSPS) is 12.0. The van der Waals surface area contributed by atoms with Crippen LogP contribution in [0.4, 0.5) is 11.4 Å². The van der Waals surface area contributed by atoms with Crippen molar-refractivity contribution in [1.82, 2.24) is 19.9 Å². The van der Waals surface area contributed by atoms with Crippen LogP contribution in [0.1, 0.15) is 253 Å². The monoisotopic (exact) mass is 2200 g/mol. The number of nitrogens with zero attached hydrogens (tertiary/aromatic N) is 2. The molecule has 14 rings (SSSR count). The Balaban J connectivity index is 0.000000214. The molecule has 0 aliphatic heterocycles. The molecule has 0 aliphatic rings. The van der Waals surface area contributed by atoms with E-state index in [0.29, 0.717) is 57.9 Å². The van der Waals surface area contributed by atoms with Crippen LogP contribution in [0.5, 0.6) is 0 Å². The average molecular weight is 2200 g/mol. The average Bonchev–Trinajstić information content (AvgIpc) is 1.63. The van der Waals surface area contributed by atoms with Crippen molar-refractivity contribution in [3.05, 3.63) is 393 Å². The second-order valence-corrected chi connectivity index (χ2v) is 43.9. The Morgan fingerprint density at radius 3 is 1.06 bits per heavy atom. The lowest BCUT2D eigenvalue weighted by Gasteiger charge is -2.21. The van der Waals surface area contributed by atoms with Crippen LogP contribution >= 0.6 is 63.7 Å². The van der Waals surface area contributed by atoms with E-state index >= 15 is 0 Å². The molecule has 0 saturated carbocycles. The predicted octanol–water partition coefficient (Wildman–Crippen LogP) is 25.0. The number of ketones is 1. The molecular formula is C114H129BBr4N6O16S. The molecule has 14 aromatic rings. The van der Waals surface area contributed by atoms with Crippen molar-refractivity contribution in [2.75, 3.05) is 38.5 Å². The quantitative estimate of drug-likeness (QED) is 0.00462. The Morgan fingerprint density at radius 1 is 0.408 bits per heavy atom. The second-order valence-electron chi connectivity index (χ2n) is 39.0. The number of anilines is 2. The number of halogens is 4. The number of Topliss-reactive ketones (excluding diaryl/α,β-unsaturated/α-hetero) is 1. The second kappa shape index (κ2) is 53.4. The highest BCUT2D eigenvalue weighted by Crippen LogP contribution is 2.36. The molecule has 0 saturated heterocycles. The lowest BCUT2D eigenvalue weighted by atomic mass is 9.80. The number of imidazole rings is 2. The summed E-state index contributed by atoms with van der Waals surface area (Å²) in [6, 6.07) is 87.1. The number of aliphatic carboxylic acids is 2. The number of methoxy groups -OCH3 is 3. The van der Waals surface area contributed by atoms with E-state index in [1.54, 1.807) is 72.8 Å². The van der Waals surface area contributed by atoms with E-state index in [0.717, 1.165) is 104 Å². The minimum absolute atomic E-state index is 0.0171. The highest BCUT2D eigenvalue weighted by molar-refractivity contribution is 9.11. The van der Waals surface area contributed by atoms with Crippen molar-refractivity contribution in [3.63, 3.8) is 0 Å². The number of carboxylic acids is 2. The molecule has 3 atom stereocenters. The zero-order valence-electron chi connectivity index (χ0n) is 83.4. The van der Waals surface area contributed by atoms with Crippen LogP contribution in [0.2, 0.25) is 0 Å². The summed E-state index contributed by atoms with van der Waals surface area (Å²) >= 11 is 13.7. The number of esters is 3. The van der Waals surface area contributed by atoms with Gasteiger partial charge < -0.3 is 55.9 Å². The standard InChI is InChI=1S/C29H31BrN2O4S.C27H27BrN2O2.C21H24O4.C12H16O2.C10H15BO2.C9H9BrO2.C6H7BrN2/c1-29(2,3)22-12-10-20(11-13-22)24(28-31-25-15-14-23(30)18-26(25)32-28)17-19-6-8-21(9-7-19)27(33)5-4-16-37(34,35)36;1-27(2,3)20-11-9-18(10-12-20)22(15-17-5-7-19(8-6-17)26(31)32-4)25-29-23-14-13-21(28)16-24(23)30-25;1-21(2,3)17-11-9-15(10-12-17)18(19(22)23)13-14-5-7-16(8-6-14)20(24)25-4;1-12(2,3)10-6-4-9(5-7-10)8-11(13)14;1-8(2)7-9-3-5-10(6-4-9)11(12)13;1-12-9(11)8-4-2-7(6-10)3-5-8;7-4-1-2-5(8)6(9)3-4/h6-15,18,24H,4-5,16-17H2,1-3H3,(H,31,32)(H,34,35,36);5-14,16,22H,15H2,1-4H3,(H,29,30);5-12,18H,13H2,1-4H3,(H,22,23);4-7H,8H2,1-3H3,(H,13,14);3-6,8,12-13H,7H2,1-2H3;2-5H,6H2,1H3;1-3H,8-9H2. The summed E-state index contributed by atoms with van der Waals surface area (Å²) in [5.41, 5.74) is 33.3. The van der Waals surface area contributed by atoms with E-state index in [4.69, 9.17) is 45.9 Å². The van der Waals surface area contributed by atoms with Gasteiger partial charge in [0.1, 0.15) is 11.6 Å². The van der Waals surface area contributed by atoms with E-state index in [1.807, 2.05) is 146 Å². The van der Waals surface area contributed by atoms with Gasteiger partial charge in [0.15, 0.2) is 5.78 Å². The molecule has 11 N–H and O–H groups in total. The number of nitrogen functional groups attached to an aromatic ring is 2. The number of alkyl halides is 1. The fraction of sp³-hybridized carbons (Fsp3) is 0.298. The molecule has 2 heterocycles. The summed E-state index contributed by atoms with van der Waals surface area (Å²) in [7, 11) is -1.31. The number of hydrogen-bond acceptors (Lipinski definition) is 17. The maximum Gasteiger partial charge on any atom is 0.488 e. The Bertz CT molecular complexity index is 6600. The van der Waals surface area contributed by atoms with Crippen LogP contribution in [0.25, 0.3) is 22.1 Å². The number of nitrogens with one attached hydrogen (secondary N) is 2. The number of benzene rings is 12. The topological polar surface area (TPSA) is 375 Å². The number of nitrogens with two attached hydrogens (primary N) is 2. The largest absolute Gasteiger partial charge is 0.488 e. The van der Waals surface area contributed by atoms with Gasteiger partial charge in [-0.1, -0.05) is 343 Å². The minimum Gasteiger partial charge on any atom is -0.481 e. The maximum atomic E-state index is 12.5. The first kappa shape index (κ1) is 115. The molecule has 22 nitrogen and oxygen atoms in total. The third-order valence-corrected chi connectivity index (χ3v) is 26.2. The number of carboxylic acid groups (broad SMARTS) is 2. The van der Waals surface area contributed by atoms with Crippen molar-refractivity contribution in [1.29, 1.82) is 0 Å². The van der Waals surface area contributed by atoms with E-state index in [2.05, 4.69) is 235 Å². The summed E-state index contributed by atoms with van der Waals surface area (Å²) in [5.74, 6) is -1.38. The number of H-pyrrole nitrogens is 2. The van der Waals surface area contributed by atoms with E-state index in [-0.39, 0.29) is 70.5 Å². The first-order valence-corrected chi connectivity index (χ1v) is 51.5. The fourth-order valence-electron chi connectivity index (χ4n) is 14.9. The summed E-state index contributed by atoms with van der Waals surface area (Å²) in [5, 5.41) is 36.7. The van der Waals surface area contributed by atoms with Gasteiger partial charge in [0.25, 0.3) is 10.1 Å². The van der Waals surface area contributed by atoms with Gasteiger partial charge in [-0.2, -0.15) is 8.42 Å². The summed E-state index contributed by atoms with van der Waals surface area (Å²) in [6.07, 6.45) is 3.10. The van der Waals surface area contributed by atoms with Crippen molar-refractivity contribution < 1.29 is 76.2 Å². The number of carbonyl (C=O) groups is 6. The van der Waals surface area contributed by atoms with Crippen molar-refractivity contribution in [3.8, 4) is 0 Å². The number of ether oxygens (including phenoxy) is 3. The van der Waals surface area contributed by atoms with E-state index in [9.17, 15) is 42.3 Å². The molecule has 3 unspecified atom stereocenters. The fourth-order valence-corrected chi connectivity index (χ4v) is 16.9. The van der Waals surface area contributed by atoms with Gasteiger partial charge in [0.05, 0.1) is 89.6 Å². The van der Waals surface area contributed by atoms with Gasteiger partial charge in [-0.15, -0.1) is 0 Å². The minimum atomic E-state index is -4.06. The lowest BCUT2D eigenvalue weighted by Crippen LogP contribution is -2.29. The van der Waals surface area contributed by atoms with Crippen LogP contribution < -0.4 is 16.9 Å². The van der Waals surface area contributed by atoms with Gasteiger partial charge in [0.2, 0.25) is 0 Å². The lowest BCUT2D eigenvalue weighted by molar-refractivity contribution is -0.139. The van der Waals surface area contributed by atoms with Gasteiger partial charge in [-0.25, -0.2) is 24.4 Å². The van der Waals surface area contributed by atoms with Crippen LogP contribution in [0.3, 0.4) is 0 Å². The molecule has 0 fully saturated rings. The molecule has 142 heavy (non-hydrogen) atoms. The van der Waals surface area contributed by atoms with Crippen LogP contribution in [0, 0.1) is 5.92 Å². The molecule has 0 spiro atoms. The van der Waals surface area contributed by atoms with Crippen LogP contribution in [-0.2, 0) is 93.0 Å². The Hall–Kier alpha value is -12.0. The number of carbonyl (C=O) groups excluding carboxylic acids is 4. The number of aromatic nitrogens is 4. The molecule has 0 amide bonds. The molecule has 748 valence electrons. The molecule has 0 aliphatic carbocycles. The highest BCUT2D eigenvalue weighted by Gasteiger charge is 2.27. The number of rotatable bonds is 26. The first-order valence-electron chi connectivity index (χ1n) is 46.4. The molecule has 2 aromatic heterocycles. The van der Waals surface area contributed by atoms with Gasteiger partial charge in [0, 0.05) is 42.6 Å². The Morgan fingerprint density at radius 2 is 0.732 bits per heavy atom. The summed E-state index contributed by atoms with van der Waals surface area (Å²) < 4.78 is 47.7. The zero-order chi connectivity index (χ0) is 105. The van der Waals surface area contributed by atoms with Crippen molar-refractivity contribution in [2.45, 2.75) is 187 Å². The zero-order valence-corrected chi connectivity index (χ0v) is 90.6. The van der Waals surface area contributed by atoms with E-state index in [1.165, 1.54) is 54.7 Å². The van der Waals surface area contributed by atoms with Gasteiger partial charge in [-0.05, 0) is 228 Å². The maximum absolute atomic E-state index is 12.5. The van der Waals surface area contributed by atoms with E-state index < -0.39 is 46.8 Å². The van der Waals surface area contributed by atoms with Crippen molar-refractivity contribution >= 4 is 155 Å². The predicted molar refractivity (Wildman–Crippen MR) is 585 cm³/mol. The van der Waals surface area contributed by atoms with Gasteiger partial charge in [-0.3, -0.25) is 18.9 Å². The molecule has 0 radical (unpaired) electrons. The van der Waals surface area contributed by atoms with Crippen molar-refractivity contribution in [2.24, 2.45) is 5.92 Å². The summed E-state index contributed by atoms with van der Waals surface area (Å²) in [6.45, 7) is 30.4. The molecule has 28 heteroatoms. The first-order chi connectivity index (χ1) is 66.8. The van der Waals surface area contributed by atoms with Crippen LogP contribution in [0.15, 0.2) is 286 Å². The third kappa shape index (κ3) is 37.1. The number of fused-ring (bicyclic) bond motifs is 2.